The third kappa shape index (κ3) is 2.27. The van der Waals surface area contributed by atoms with E-state index in [1.807, 2.05) is 13.8 Å². The molecule has 18 heavy (non-hydrogen) atoms. The Morgan fingerprint density at radius 1 is 0.944 bits per heavy atom. The molecule has 0 aliphatic rings. The molecule has 0 radical (unpaired) electrons. The van der Waals surface area contributed by atoms with Crippen molar-refractivity contribution in [1.29, 1.82) is 0 Å². The van der Waals surface area contributed by atoms with E-state index in [1.165, 1.54) is 24.3 Å². The van der Waals surface area contributed by atoms with Crippen molar-refractivity contribution in [3.8, 4) is 11.1 Å². The van der Waals surface area contributed by atoms with Crippen molar-refractivity contribution in [2.75, 3.05) is 0 Å². The van der Waals surface area contributed by atoms with Crippen molar-refractivity contribution >= 4 is 0 Å². The van der Waals surface area contributed by atoms with Gasteiger partial charge in [0.2, 0.25) is 0 Å². The fourth-order valence-corrected chi connectivity index (χ4v) is 2.29. The fourth-order valence-electron chi connectivity index (χ4n) is 2.29. The zero-order chi connectivity index (χ0) is 13.3. The van der Waals surface area contributed by atoms with Gasteiger partial charge in [0.25, 0.3) is 0 Å². The number of aryl methyl sites for hydroxylation is 2. The Morgan fingerprint density at radius 3 is 2.11 bits per heavy atom. The molecular formula is C15H15F2N. The summed E-state index contributed by atoms with van der Waals surface area (Å²) < 4.78 is 26.7. The number of halogens is 2. The zero-order valence-corrected chi connectivity index (χ0v) is 10.4. The van der Waals surface area contributed by atoms with Crippen LogP contribution in [-0.4, -0.2) is 0 Å². The maximum absolute atomic E-state index is 13.4. The molecule has 0 bridgehead atoms. The molecule has 0 spiro atoms. The van der Waals surface area contributed by atoms with Crippen LogP contribution in [-0.2, 0) is 6.54 Å². The number of hydrogen-bond donors (Lipinski definition) is 1. The summed E-state index contributed by atoms with van der Waals surface area (Å²) in [7, 11) is 0. The molecule has 2 aromatic carbocycles. The third-order valence-electron chi connectivity index (χ3n) is 3.06. The normalized spacial score (nSPS) is 10.7. The lowest BCUT2D eigenvalue weighted by molar-refractivity contribution is 0.625. The summed E-state index contributed by atoms with van der Waals surface area (Å²) in [5.41, 5.74) is 9.70. The quantitative estimate of drug-likeness (QED) is 0.860. The maximum atomic E-state index is 13.4. The first-order valence-electron chi connectivity index (χ1n) is 5.78. The molecule has 0 fully saturated rings. The topological polar surface area (TPSA) is 26.0 Å². The summed E-state index contributed by atoms with van der Waals surface area (Å²) in [4.78, 5) is 0. The molecule has 0 heterocycles. The molecule has 2 rings (SSSR count). The number of rotatable bonds is 2. The van der Waals surface area contributed by atoms with Crippen molar-refractivity contribution in [2.24, 2.45) is 5.73 Å². The zero-order valence-electron chi connectivity index (χ0n) is 10.4. The van der Waals surface area contributed by atoms with Crippen LogP contribution in [0.3, 0.4) is 0 Å². The third-order valence-corrected chi connectivity index (χ3v) is 3.06. The van der Waals surface area contributed by atoms with Crippen molar-refractivity contribution in [2.45, 2.75) is 20.4 Å². The van der Waals surface area contributed by atoms with E-state index in [-0.39, 0.29) is 11.6 Å². The van der Waals surface area contributed by atoms with Gasteiger partial charge in [-0.3, -0.25) is 0 Å². The van der Waals surface area contributed by atoms with Crippen LogP contribution in [0.1, 0.15) is 16.7 Å². The van der Waals surface area contributed by atoms with Crippen molar-refractivity contribution in [3.05, 3.63) is 58.7 Å². The summed E-state index contributed by atoms with van der Waals surface area (Å²) >= 11 is 0. The van der Waals surface area contributed by atoms with Crippen LogP contribution in [0.5, 0.6) is 0 Å². The summed E-state index contributed by atoms with van der Waals surface area (Å²) in [6.07, 6.45) is 0. The van der Waals surface area contributed by atoms with Crippen LogP contribution in [0.4, 0.5) is 8.78 Å². The predicted molar refractivity (Wildman–Crippen MR) is 69.2 cm³/mol. The molecule has 0 unspecified atom stereocenters. The van der Waals surface area contributed by atoms with E-state index in [9.17, 15) is 8.78 Å². The van der Waals surface area contributed by atoms with Gasteiger partial charge in [0.15, 0.2) is 0 Å². The standard InChI is InChI=1S/C15H15F2N/c1-9-5-13(17)6-10(2)15(9)14-7-12(16)4-3-11(14)8-18/h3-7H,8,18H2,1-2H3. The molecule has 2 N–H and O–H groups in total. The van der Waals surface area contributed by atoms with Crippen molar-refractivity contribution < 1.29 is 8.78 Å². The van der Waals surface area contributed by atoms with Crippen molar-refractivity contribution in [1.82, 2.24) is 0 Å². The van der Waals surface area contributed by atoms with Crippen LogP contribution >= 0.6 is 0 Å². The van der Waals surface area contributed by atoms with Gasteiger partial charge in [-0.1, -0.05) is 6.07 Å². The average Bonchev–Trinajstić information content (AvgIpc) is 2.28. The highest BCUT2D eigenvalue weighted by atomic mass is 19.1. The number of benzene rings is 2. The predicted octanol–water partition coefficient (Wildman–Crippen LogP) is 3.71. The highest BCUT2D eigenvalue weighted by molar-refractivity contribution is 5.73. The highest BCUT2D eigenvalue weighted by Crippen LogP contribution is 2.31. The van der Waals surface area contributed by atoms with Gasteiger partial charge in [-0.25, -0.2) is 8.78 Å². The Bertz CT molecular complexity index is 568. The lowest BCUT2D eigenvalue weighted by Gasteiger charge is -2.14. The Hall–Kier alpha value is -1.74. The minimum atomic E-state index is -0.315. The molecule has 3 heteroatoms. The van der Waals surface area contributed by atoms with Gasteiger partial charge in [0.1, 0.15) is 11.6 Å². The minimum absolute atomic E-state index is 0.278. The number of nitrogens with two attached hydrogens (primary N) is 1. The summed E-state index contributed by atoms with van der Waals surface area (Å²) in [6.45, 7) is 3.96. The molecule has 2 aromatic rings. The fraction of sp³-hybridized carbons (Fsp3) is 0.200. The van der Waals surface area contributed by atoms with E-state index in [1.54, 1.807) is 6.07 Å². The monoisotopic (exact) mass is 247 g/mol. The van der Waals surface area contributed by atoms with Crippen molar-refractivity contribution in [3.63, 3.8) is 0 Å². The molecule has 0 aliphatic carbocycles. The van der Waals surface area contributed by atoms with Crippen LogP contribution in [0.25, 0.3) is 11.1 Å². The van der Waals surface area contributed by atoms with E-state index in [4.69, 9.17) is 5.73 Å². The lowest BCUT2D eigenvalue weighted by Crippen LogP contribution is -2.01. The molecule has 0 saturated heterocycles. The first-order valence-corrected chi connectivity index (χ1v) is 5.78. The Labute approximate surface area is 105 Å². The van der Waals surface area contributed by atoms with E-state index < -0.39 is 0 Å². The van der Waals surface area contributed by atoms with Gasteiger partial charge in [-0.2, -0.15) is 0 Å². The molecule has 0 saturated carbocycles. The summed E-state index contributed by atoms with van der Waals surface area (Å²) in [5, 5.41) is 0. The molecular weight excluding hydrogens is 232 g/mol. The van der Waals surface area contributed by atoms with Gasteiger partial charge < -0.3 is 5.73 Å². The maximum Gasteiger partial charge on any atom is 0.123 e. The van der Waals surface area contributed by atoms with Crippen LogP contribution in [0.15, 0.2) is 30.3 Å². The summed E-state index contributed by atoms with van der Waals surface area (Å²) in [6, 6.07) is 7.42. The second kappa shape index (κ2) is 4.86. The largest absolute Gasteiger partial charge is 0.326 e. The minimum Gasteiger partial charge on any atom is -0.326 e. The first-order chi connectivity index (χ1) is 8.52. The van der Waals surface area contributed by atoms with Crippen LogP contribution in [0, 0.1) is 25.5 Å². The second-order valence-electron chi connectivity index (χ2n) is 4.42. The van der Waals surface area contributed by atoms with Gasteiger partial charge in [-0.05, 0) is 65.9 Å². The smallest absolute Gasteiger partial charge is 0.123 e. The Morgan fingerprint density at radius 2 is 1.56 bits per heavy atom. The van der Waals surface area contributed by atoms with E-state index in [2.05, 4.69) is 0 Å². The molecule has 0 aromatic heterocycles. The SMILES string of the molecule is Cc1cc(F)cc(C)c1-c1cc(F)ccc1CN. The van der Waals surface area contributed by atoms with Gasteiger partial charge >= 0.3 is 0 Å². The molecule has 94 valence electrons. The highest BCUT2D eigenvalue weighted by Gasteiger charge is 2.12. The average molecular weight is 247 g/mol. The second-order valence-corrected chi connectivity index (χ2v) is 4.42. The van der Waals surface area contributed by atoms with E-state index >= 15 is 0 Å². The van der Waals surface area contributed by atoms with E-state index in [0.717, 1.165) is 27.8 Å². The van der Waals surface area contributed by atoms with Gasteiger partial charge in [0.05, 0.1) is 0 Å². The Kier molecular flexibility index (Phi) is 3.43. The molecule has 0 atom stereocenters. The summed E-state index contributed by atoms with van der Waals surface area (Å²) in [5.74, 6) is -0.593. The van der Waals surface area contributed by atoms with Crippen LogP contribution < -0.4 is 5.73 Å². The Balaban J connectivity index is 2.72. The van der Waals surface area contributed by atoms with E-state index in [0.29, 0.717) is 6.54 Å². The van der Waals surface area contributed by atoms with Crippen LogP contribution in [0.2, 0.25) is 0 Å². The number of hydrogen-bond acceptors (Lipinski definition) is 1. The van der Waals surface area contributed by atoms with Gasteiger partial charge in [-0.15, -0.1) is 0 Å². The molecule has 0 aliphatic heterocycles. The first kappa shape index (κ1) is 12.7. The van der Waals surface area contributed by atoms with Gasteiger partial charge in [0, 0.05) is 6.54 Å². The lowest BCUT2D eigenvalue weighted by atomic mass is 9.92. The molecule has 0 amide bonds. The molecule has 1 nitrogen and oxygen atoms in total.